The fourth-order valence-electron chi connectivity index (χ4n) is 1.37. The first-order valence-electron chi connectivity index (χ1n) is 5.76. The number of amides is 1. The molecule has 96 valence electrons. The molecule has 0 unspecified atom stereocenters. The predicted molar refractivity (Wildman–Crippen MR) is 76.6 cm³/mol. The Bertz CT molecular complexity index is 367. The van der Waals surface area contributed by atoms with Crippen molar-refractivity contribution >= 4 is 33.2 Å². The minimum atomic E-state index is -0.0711. The summed E-state index contributed by atoms with van der Waals surface area (Å²) in [6, 6.07) is 3.98. The molecule has 1 amide bonds. The van der Waals surface area contributed by atoms with Gasteiger partial charge in [0.05, 0.1) is 9.70 Å². The average molecular weight is 319 g/mol. The van der Waals surface area contributed by atoms with E-state index in [4.69, 9.17) is 0 Å². The summed E-state index contributed by atoms with van der Waals surface area (Å²) in [5.74, 6) is 0.0297. The summed E-state index contributed by atoms with van der Waals surface area (Å²) in [6.45, 7) is 6.65. The lowest BCUT2D eigenvalue weighted by molar-refractivity contribution is -0.122. The maximum Gasteiger partial charge on any atom is 0.228 e. The average Bonchev–Trinajstić information content (AvgIpc) is 2.74. The van der Waals surface area contributed by atoms with E-state index >= 15 is 0 Å². The van der Waals surface area contributed by atoms with Gasteiger partial charge in [-0.05, 0) is 48.6 Å². The molecule has 1 aromatic rings. The Morgan fingerprint density at radius 2 is 2.29 bits per heavy atom. The number of halogens is 1. The van der Waals surface area contributed by atoms with Gasteiger partial charge in [0.1, 0.15) is 0 Å². The van der Waals surface area contributed by atoms with E-state index in [0.29, 0.717) is 6.54 Å². The van der Waals surface area contributed by atoms with Crippen molar-refractivity contribution < 1.29 is 4.79 Å². The molecule has 0 saturated heterocycles. The van der Waals surface area contributed by atoms with E-state index < -0.39 is 0 Å². The minimum Gasteiger partial charge on any atom is -0.354 e. The van der Waals surface area contributed by atoms with Crippen LogP contribution in [0.5, 0.6) is 0 Å². The Kier molecular flexibility index (Phi) is 6.16. The van der Waals surface area contributed by atoms with Crippen LogP contribution >= 0.6 is 27.3 Å². The smallest absolute Gasteiger partial charge is 0.228 e. The Labute approximate surface area is 115 Å². The zero-order valence-corrected chi connectivity index (χ0v) is 12.9. The second-order valence-electron chi connectivity index (χ2n) is 4.05. The number of hydrogen-bond acceptors (Lipinski definition) is 3. The highest BCUT2D eigenvalue weighted by molar-refractivity contribution is 9.11. The second-order valence-corrected chi connectivity index (χ2v) is 6.55. The van der Waals surface area contributed by atoms with E-state index in [9.17, 15) is 4.79 Å². The number of likely N-dealkylation sites (N-methyl/N-ethyl adjacent to an activating group) is 1. The maximum atomic E-state index is 11.9. The van der Waals surface area contributed by atoms with Crippen LogP contribution in [0.15, 0.2) is 15.9 Å². The number of thiophene rings is 1. The molecule has 0 spiro atoms. The molecule has 17 heavy (non-hydrogen) atoms. The summed E-state index contributed by atoms with van der Waals surface area (Å²) in [5.41, 5.74) is 0. The van der Waals surface area contributed by atoms with Crippen molar-refractivity contribution in [2.24, 2.45) is 0 Å². The van der Waals surface area contributed by atoms with Crippen LogP contribution in [0.3, 0.4) is 0 Å². The topological polar surface area (TPSA) is 32.3 Å². The third-order valence-corrected chi connectivity index (χ3v) is 4.55. The predicted octanol–water partition coefficient (Wildman–Crippen LogP) is 2.68. The zero-order chi connectivity index (χ0) is 12.8. The number of rotatable bonds is 6. The van der Waals surface area contributed by atoms with Crippen molar-refractivity contribution in [3.05, 3.63) is 20.8 Å². The Hall–Kier alpha value is -0.390. The Morgan fingerprint density at radius 3 is 2.82 bits per heavy atom. The van der Waals surface area contributed by atoms with Gasteiger partial charge < -0.3 is 10.2 Å². The van der Waals surface area contributed by atoms with Crippen LogP contribution < -0.4 is 5.32 Å². The van der Waals surface area contributed by atoms with E-state index in [1.54, 1.807) is 11.3 Å². The van der Waals surface area contributed by atoms with Crippen molar-refractivity contribution in [2.45, 2.75) is 19.8 Å². The van der Waals surface area contributed by atoms with Crippen molar-refractivity contribution in [3.63, 3.8) is 0 Å². The number of hydrogen-bond donors (Lipinski definition) is 1. The molecule has 0 saturated carbocycles. The van der Waals surface area contributed by atoms with E-state index in [-0.39, 0.29) is 11.8 Å². The quantitative estimate of drug-likeness (QED) is 0.874. The van der Waals surface area contributed by atoms with Crippen LogP contribution in [0.25, 0.3) is 0 Å². The fraction of sp³-hybridized carbons (Fsp3) is 0.583. The van der Waals surface area contributed by atoms with Gasteiger partial charge in [-0.15, -0.1) is 11.3 Å². The molecule has 3 nitrogen and oxygen atoms in total. The number of carbonyl (C=O) groups excluding carboxylic acids is 1. The van der Waals surface area contributed by atoms with Crippen LogP contribution in [0.1, 0.15) is 24.6 Å². The van der Waals surface area contributed by atoms with Crippen molar-refractivity contribution in [1.82, 2.24) is 10.2 Å². The van der Waals surface area contributed by atoms with Crippen molar-refractivity contribution in [2.75, 3.05) is 26.7 Å². The normalized spacial score (nSPS) is 12.8. The summed E-state index contributed by atoms with van der Waals surface area (Å²) in [7, 11) is 2.05. The Morgan fingerprint density at radius 1 is 1.59 bits per heavy atom. The van der Waals surface area contributed by atoms with Gasteiger partial charge in [0.25, 0.3) is 0 Å². The third-order valence-electron chi connectivity index (χ3n) is 2.75. The second kappa shape index (κ2) is 7.13. The maximum absolute atomic E-state index is 11.9. The minimum absolute atomic E-state index is 0.0711. The molecular formula is C12H19BrN2OS. The molecule has 5 heteroatoms. The molecule has 0 aliphatic carbocycles. The first kappa shape index (κ1) is 14.7. The lowest BCUT2D eigenvalue weighted by Crippen LogP contribution is -2.34. The van der Waals surface area contributed by atoms with Gasteiger partial charge in [-0.1, -0.05) is 6.92 Å². The van der Waals surface area contributed by atoms with Gasteiger partial charge in [0.15, 0.2) is 0 Å². The highest BCUT2D eigenvalue weighted by Crippen LogP contribution is 2.28. The molecule has 1 rings (SSSR count). The summed E-state index contributed by atoms with van der Waals surface area (Å²) in [6.07, 6.45) is 0. The van der Waals surface area contributed by atoms with Gasteiger partial charge in [-0.2, -0.15) is 0 Å². The third kappa shape index (κ3) is 4.77. The largest absolute Gasteiger partial charge is 0.354 e. The molecular weight excluding hydrogens is 300 g/mol. The first-order valence-corrected chi connectivity index (χ1v) is 7.37. The van der Waals surface area contributed by atoms with Crippen LogP contribution in [-0.4, -0.2) is 37.5 Å². The van der Waals surface area contributed by atoms with Gasteiger partial charge in [-0.3, -0.25) is 4.79 Å². The standard InChI is InChI=1S/C12H19BrN2OS/c1-4-15(3)8-7-14-12(16)9(2)10-5-6-11(13)17-10/h5-6,9H,4,7-8H2,1-3H3,(H,14,16)/t9-/m0/s1. The molecule has 0 aliphatic rings. The Balaban J connectivity index is 2.37. The molecule has 1 N–H and O–H groups in total. The van der Waals surface area contributed by atoms with Gasteiger partial charge in [0, 0.05) is 18.0 Å². The van der Waals surface area contributed by atoms with E-state index in [2.05, 4.69) is 33.1 Å². The first-order chi connectivity index (χ1) is 8.04. The fourth-order valence-corrected chi connectivity index (χ4v) is 2.85. The van der Waals surface area contributed by atoms with Crippen LogP contribution in [0.4, 0.5) is 0 Å². The summed E-state index contributed by atoms with van der Waals surface area (Å²) < 4.78 is 1.07. The molecule has 0 bridgehead atoms. The summed E-state index contributed by atoms with van der Waals surface area (Å²) in [5, 5.41) is 2.97. The molecule has 0 fully saturated rings. The zero-order valence-electron chi connectivity index (χ0n) is 10.5. The lowest BCUT2D eigenvalue weighted by Gasteiger charge is -2.15. The highest BCUT2D eigenvalue weighted by atomic mass is 79.9. The number of nitrogens with zero attached hydrogens (tertiary/aromatic N) is 1. The molecule has 1 aromatic heterocycles. The summed E-state index contributed by atoms with van der Waals surface area (Å²) in [4.78, 5) is 15.2. The van der Waals surface area contributed by atoms with Crippen molar-refractivity contribution in [3.8, 4) is 0 Å². The van der Waals surface area contributed by atoms with E-state index in [0.717, 1.165) is 21.8 Å². The van der Waals surface area contributed by atoms with Gasteiger partial charge >= 0.3 is 0 Å². The number of nitrogens with one attached hydrogen (secondary N) is 1. The van der Waals surface area contributed by atoms with Crippen LogP contribution in [0.2, 0.25) is 0 Å². The van der Waals surface area contributed by atoms with Gasteiger partial charge in [0.2, 0.25) is 5.91 Å². The van der Waals surface area contributed by atoms with Crippen LogP contribution in [0, 0.1) is 0 Å². The van der Waals surface area contributed by atoms with Crippen LogP contribution in [-0.2, 0) is 4.79 Å². The molecule has 0 aliphatic heterocycles. The van der Waals surface area contributed by atoms with E-state index in [1.807, 2.05) is 26.1 Å². The van der Waals surface area contributed by atoms with Crippen molar-refractivity contribution in [1.29, 1.82) is 0 Å². The SMILES string of the molecule is CCN(C)CCNC(=O)[C@@H](C)c1ccc(Br)s1. The monoisotopic (exact) mass is 318 g/mol. The summed E-state index contributed by atoms with van der Waals surface area (Å²) >= 11 is 5.02. The van der Waals surface area contributed by atoms with E-state index in [1.165, 1.54) is 0 Å². The molecule has 0 aromatic carbocycles. The lowest BCUT2D eigenvalue weighted by atomic mass is 10.1. The molecule has 1 heterocycles. The highest BCUT2D eigenvalue weighted by Gasteiger charge is 2.16. The molecule has 1 atom stereocenters. The molecule has 0 radical (unpaired) electrons. The van der Waals surface area contributed by atoms with Gasteiger partial charge in [-0.25, -0.2) is 0 Å². The number of carbonyl (C=O) groups is 1.